The van der Waals surface area contributed by atoms with E-state index in [1.807, 2.05) is 6.07 Å². The summed E-state index contributed by atoms with van der Waals surface area (Å²) in [5.74, 6) is -4.49. The van der Waals surface area contributed by atoms with Crippen molar-refractivity contribution in [2.45, 2.75) is 51.2 Å². The second-order valence-electron chi connectivity index (χ2n) is 10.2. The van der Waals surface area contributed by atoms with E-state index in [1.165, 1.54) is 6.07 Å². The molecule has 0 unspecified atom stereocenters. The standard InChI is InChI=1S/C29H37N7O7/c1-17(2)25-29(42)33-13-14-43-22-9-4-3-8-19(22)26(39)35-21(27(40)32-12-10-18-7-5-6-11-31-18)16-24(38)34-20(15-23(30)37)28(41)36-25/h3-9,11,17,20-21,25H,10,12-16H2,1-2H3,(H2,30,37)(H,32,40)(H,33,42)(H,34,38)(H,35,39)(H,36,41)/t20-,21-,25+/m0/s1. The Morgan fingerprint density at radius 2 is 1.77 bits per heavy atom. The monoisotopic (exact) mass is 595 g/mol. The zero-order valence-corrected chi connectivity index (χ0v) is 24.1. The lowest BCUT2D eigenvalue weighted by atomic mass is 10.0. The fraction of sp³-hybridized carbons (Fsp3) is 0.414. The van der Waals surface area contributed by atoms with Gasteiger partial charge in [-0.1, -0.05) is 32.0 Å². The van der Waals surface area contributed by atoms with Crippen LogP contribution in [0.15, 0.2) is 48.7 Å². The van der Waals surface area contributed by atoms with Gasteiger partial charge in [0.1, 0.15) is 30.5 Å². The Bertz CT molecular complexity index is 1320. The Kier molecular flexibility index (Phi) is 12.0. The number of primary amides is 1. The van der Waals surface area contributed by atoms with Gasteiger partial charge < -0.3 is 37.1 Å². The minimum absolute atomic E-state index is 0.00340. The zero-order valence-electron chi connectivity index (χ0n) is 24.1. The second kappa shape index (κ2) is 15.8. The Balaban J connectivity index is 1.88. The topological polar surface area (TPSA) is 211 Å². The van der Waals surface area contributed by atoms with E-state index >= 15 is 0 Å². The van der Waals surface area contributed by atoms with E-state index < -0.39 is 66.4 Å². The van der Waals surface area contributed by atoms with Gasteiger partial charge in [0.25, 0.3) is 5.91 Å². The van der Waals surface area contributed by atoms with Gasteiger partial charge in [-0.15, -0.1) is 0 Å². The molecular formula is C29H37N7O7. The zero-order chi connectivity index (χ0) is 31.4. The van der Waals surface area contributed by atoms with Crippen molar-refractivity contribution in [1.82, 2.24) is 31.6 Å². The molecule has 14 nitrogen and oxygen atoms in total. The number of carbonyl (C=O) groups excluding carboxylic acids is 6. The van der Waals surface area contributed by atoms with Gasteiger partial charge in [0.15, 0.2) is 0 Å². The first-order valence-electron chi connectivity index (χ1n) is 13.9. The summed E-state index contributed by atoms with van der Waals surface area (Å²) >= 11 is 0. The fourth-order valence-electron chi connectivity index (χ4n) is 4.29. The molecule has 1 aliphatic heterocycles. The molecule has 0 spiro atoms. The maximum absolute atomic E-state index is 13.3. The number of rotatable bonds is 7. The lowest BCUT2D eigenvalue weighted by molar-refractivity contribution is -0.134. The quantitative estimate of drug-likeness (QED) is 0.232. The number of ether oxygens (including phenoxy) is 1. The largest absolute Gasteiger partial charge is 0.491 e. The lowest BCUT2D eigenvalue weighted by Crippen LogP contribution is -2.57. The van der Waals surface area contributed by atoms with Crippen molar-refractivity contribution in [3.63, 3.8) is 0 Å². The second-order valence-corrected chi connectivity index (χ2v) is 10.2. The molecule has 1 aliphatic rings. The first-order valence-corrected chi connectivity index (χ1v) is 13.9. The molecule has 2 heterocycles. The van der Waals surface area contributed by atoms with Crippen molar-refractivity contribution in [2.75, 3.05) is 19.7 Å². The molecule has 7 N–H and O–H groups in total. The number of fused-ring (bicyclic) bond motifs is 1. The van der Waals surface area contributed by atoms with Crippen LogP contribution < -0.4 is 37.1 Å². The van der Waals surface area contributed by atoms with Crippen molar-refractivity contribution >= 4 is 35.4 Å². The van der Waals surface area contributed by atoms with Crippen LogP contribution in [0.4, 0.5) is 0 Å². The van der Waals surface area contributed by atoms with Crippen LogP contribution in [-0.4, -0.2) is 78.2 Å². The van der Waals surface area contributed by atoms with Gasteiger partial charge in [-0.3, -0.25) is 33.8 Å². The minimum atomic E-state index is -1.43. The highest BCUT2D eigenvalue weighted by molar-refractivity contribution is 6.01. The van der Waals surface area contributed by atoms with Crippen LogP contribution in [0, 0.1) is 5.92 Å². The predicted molar refractivity (Wildman–Crippen MR) is 154 cm³/mol. The van der Waals surface area contributed by atoms with Gasteiger partial charge in [0.2, 0.25) is 29.5 Å². The molecular weight excluding hydrogens is 558 g/mol. The number of nitrogens with two attached hydrogens (primary N) is 1. The summed E-state index contributed by atoms with van der Waals surface area (Å²) in [5.41, 5.74) is 6.16. The molecule has 1 aromatic heterocycles. The number of aromatic nitrogens is 1. The SMILES string of the molecule is CC(C)[C@H]1NC(=O)[C@H](CC(N)=O)NC(=O)C[C@@H](C(=O)NCCc2ccccn2)NC(=O)c2ccccc2OCCNC1=O. The summed E-state index contributed by atoms with van der Waals surface area (Å²) in [6.45, 7) is 3.66. The van der Waals surface area contributed by atoms with E-state index in [1.54, 1.807) is 50.4 Å². The summed E-state index contributed by atoms with van der Waals surface area (Å²) in [5, 5.41) is 12.9. The van der Waals surface area contributed by atoms with Crippen molar-refractivity contribution in [3.8, 4) is 5.75 Å². The summed E-state index contributed by atoms with van der Waals surface area (Å²) in [6, 6.07) is 7.91. The molecule has 14 heteroatoms. The molecule has 1 aromatic carbocycles. The van der Waals surface area contributed by atoms with Gasteiger partial charge in [-0.05, 0) is 30.2 Å². The van der Waals surface area contributed by atoms with Crippen LogP contribution in [0.1, 0.15) is 42.7 Å². The highest BCUT2D eigenvalue weighted by Crippen LogP contribution is 2.18. The number of para-hydroxylation sites is 1. The van der Waals surface area contributed by atoms with E-state index in [0.717, 1.165) is 5.69 Å². The molecule has 3 rings (SSSR count). The minimum Gasteiger partial charge on any atom is -0.491 e. The number of nitrogens with zero attached hydrogens (tertiary/aromatic N) is 1. The van der Waals surface area contributed by atoms with Crippen LogP contribution in [0.2, 0.25) is 0 Å². The maximum Gasteiger partial charge on any atom is 0.255 e. The normalized spacial score (nSPS) is 20.3. The number of carbonyl (C=O) groups is 6. The molecule has 0 aliphatic carbocycles. The Hall–Kier alpha value is -5.01. The van der Waals surface area contributed by atoms with Crippen LogP contribution >= 0.6 is 0 Å². The predicted octanol–water partition coefficient (Wildman–Crippen LogP) is -1.06. The maximum atomic E-state index is 13.3. The summed E-state index contributed by atoms with van der Waals surface area (Å²) in [7, 11) is 0. The summed E-state index contributed by atoms with van der Waals surface area (Å²) in [4.78, 5) is 81.5. The average Bonchev–Trinajstić information content (AvgIpc) is 2.97. The van der Waals surface area contributed by atoms with E-state index in [9.17, 15) is 28.8 Å². The summed E-state index contributed by atoms with van der Waals surface area (Å²) < 4.78 is 5.74. The van der Waals surface area contributed by atoms with Gasteiger partial charge in [-0.2, -0.15) is 0 Å². The average molecular weight is 596 g/mol. The third kappa shape index (κ3) is 10.1. The first-order chi connectivity index (χ1) is 20.5. The van der Waals surface area contributed by atoms with Gasteiger partial charge >= 0.3 is 0 Å². The van der Waals surface area contributed by atoms with Gasteiger partial charge in [0, 0.05) is 24.9 Å². The van der Waals surface area contributed by atoms with E-state index in [-0.39, 0.29) is 36.9 Å². The number of benzene rings is 1. The van der Waals surface area contributed by atoms with Crippen LogP contribution in [0.5, 0.6) is 5.75 Å². The molecule has 3 atom stereocenters. The lowest BCUT2D eigenvalue weighted by Gasteiger charge is -2.25. The summed E-state index contributed by atoms with van der Waals surface area (Å²) in [6.07, 6.45) is 0.902. The van der Waals surface area contributed by atoms with Crippen LogP contribution in [0.3, 0.4) is 0 Å². The van der Waals surface area contributed by atoms with Crippen LogP contribution in [-0.2, 0) is 30.4 Å². The van der Waals surface area contributed by atoms with Gasteiger partial charge in [0.05, 0.1) is 24.9 Å². The number of nitrogens with one attached hydrogen (secondary N) is 5. The third-order valence-electron chi connectivity index (χ3n) is 6.51. The van der Waals surface area contributed by atoms with E-state index in [0.29, 0.717) is 6.42 Å². The molecule has 230 valence electrons. The highest BCUT2D eigenvalue weighted by Gasteiger charge is 2.32. The first kappa shape index (κ1) is 32.5. The molecule has 43 heavy (non-hydrogen) atoms. The molecule has 0 radical (unpaired) electrons. The van der Waals surface area contributed by atoms with E-state index in [4.69, 9.17) is 10.5 Å². The van der Waals surface area contributed by atoms with Crippen molar-refractivity contribution < 1.29 is 33.5 Å². The number of pyridine rings is 1. The Morgan fingerprint density at radius 3 is 2.47 bits per heavy atom. The Labute approximate surface area is 248 Å². The van der Waals surface area contributed by atoms with Crippen LogP contribution in [0.25, 0.3) is 0 Å². The molecule has 0 bridgehead atoms. The smallest absolute Gasteiger partial charge is 0.255 e. The van der Waals surface area contributed by atoms with Crippen molar-refractivity contribution in [3.05, 3.63) is 59.9 Å². The van der Waals surface area contributed by atoms with E-state index in [2.05, 4.69) is 31.6 Å². The number of hydrogen-bond acceptors (Lipinski definition) is 8. The van der Waals surface area contributed by atoms with Crippen molar-refractivity contribution in [1.29, 1.82) is 0 Å². The van der Waals surface area contributed by atoms with Gasteiger partial charge in [-0.25, -0.2) is 0 Å². The molecule has 2 aromatic rings. The molecule has 0 saturated heterocycles. The number of hydrogen-bond donors (Lipinski definition) is 6. The number of amides is 6. The Morgan fingerprint density at radius 1 is 1.02 bits per heavy atom. The van der Waals surface area contributed by atoms with Crippen molar-refractivity contribution in [2.24, 2.45) is 11.7 Å². The molecule has 0 saturated carbocycles. The highest BCUT2D eigenvalue weighted by atomic mass is 16.5. The fourth-order valence-corrected chi connectivity index (χ4v) is 4.29. The molecule has 0 fully saturated rings. The third-order valence-corrected chi connectivity index (χ3v) is 6.51. The molecule has 6 amide bonds.